The van der Waals surface area contributed by atoms with Crippen LogP contribution in [-0.4, -0.2) is 40.5 Å². The molecule has 3 N–H and O–H groups in total. The van der Waals surface area contributed by atoms with Crippen LogP contribution in [0.3, 0.4) is 0 Å². The minimum Gasteiger partial charge on any atom is -0.479 e. The number of carboxylic acids is 1. The molecule has 0 spiro atoms. The van der Waals surface area contributed by atoms with Gasteiger partial charge in [0, 0.05) is 13.0 Å². The Labute approximate surface area is 107 Å². The molecule has 1 heterocycles. The highest BCUT2D eigenvalue weighted by molar-refractivity contribution is 8.01. The summed E-state index contributed by atoms with van der Waals surface area (Å²) >= 11 is 2.99. The molecular formula is C10H13NO4S2. The van der Waals surface area contributed by atoms with Crippen molar-refractivity contribution in [1.82, 2.24) is 5.32 Å². The fourth-order valence-electron chi connectivity index (χ4n) is 1.01. The number of thiophene rings is 1. The summed E-state index contributed by atoms with van der Waals surface area (Å²) in [5.41, 5.74) is 0. The number of amides is 1. The van der Waals surface area contributed by atoms with Gasteiger partial charge in [0.2, 0.25) is 5.91 Å². The number of thioether (sulfide) groups is 1. The van der Waals surface area contributed by atoms with Crippen LogP contribution >= 0.6 is 23.1 Å². The fourth-order valence-corrected chi connectivity index (χ4v) is 2.62. The summed E-state index contributed by atoms with van der Waals surface area (Å²) in [6.45, 7) is 0.164. The van der Waals surface area contributed by atoms with Gasteiger partial charge in [-0.25, -0.2) is 4.79 Å². The average molecular weight is 275 g/mol. The summed E-state index contributed by atoms with van der Waals surface area (Å²) in [5, 5.41) is 21.9. The lowest BCUT2D eigenvalue weighted by Crippen LogP contribution is -2.30. The minimum absolute atomic E-state index is 0.0186. The second-order valence-electron chi connectivity index (χ2n) is 3.21. The molecule has 17 heavy (non-hydrogen) atoms. The number of hydrogen-bond acceptors (Lipinski definition) is 5. The molecule has 1 rings (SSSR count). The summed E-state index contributed by atoms with van der Waals surface area (Å²) in [7, 11) is 0. The zero-order valence-corrected chi connectivity index (χ0v) is 10.6. The average Bonchev–Trinajstić information content (AvgIpc) is 2.78. The Morgan fingerprint density at radius 1 is 1.53 bits per heavy atom. The van der Waals surface area contributed by atoms with E-state index in [0.29, 0.717) is 5.75 Å². The number of aliphatic hydroxyl groups is 1. The third-order valence-corrected chi connectivity index (χ3v) is 4.00. The highest BCUT2D eigenvalue weighted by Gasteiger charge is 2.12. The van der Waals surface area contributed by atoms with Crippen molar-refractivity contribution >= 4 is 35.0 Å². The van der Waals surface area contributed by atoms with Gasteiger partial charge in [-0.3, -0.25) is 4.79 Å². The van der Waals surface area contributed by atoms with E-state index in [1.807, 2.05) is 17.5 Å². The Balaban J connectivity index is 2.11. The van der Waals surface area contributed by atoms with Crippen molar-refractivity contribution in [3.8, 4) is 0 Å². The van der Waals surface area contributed by atoms with Gasteiger partial charge in [-0.1, -0.05) is 6.07 Å². The Morgan fingerprint density at radius 3 is 2.88 bits per heavy atom. The number of carbonyl (C=O) groups is 2. The quantitative estimate of drug-likeness (QED) is 0.641. The standard InChI is InChI=1S/C10H13NO4S2/c12-7(10(14)15)3-4-11-8(13)6-17-9-2-1-5-16-9/h1-2,5,7,12H,3-4,6H2,(H,11,13)(H,14,15). The van der Waals surface area contributed by atoms with Crippen LogP contribution in [0, 0.1) is 0 Å². The summed E-state index contributed by atoms with van der Waals surface area (Å²) in [6, 6.07) is 3.84. The van der Waals surface area contributed by atoms with Gasteiger partial charge in [0.1, 0.15) is 0 Å². The monoisotopic (exact) mass is 275 g/mol. The maximum Gasteiger partial charge on any atom is 0.332 e. The molecule has 5 nitrogen and oxygen atoms in total. The van der Waals surface area contributed by atoms with Gasteiger partial charge in [-0.15, -0.1) is 23.1 Å². The van der Waals surface area contributed by atoms with E-state index >= 15 is 0 Å². The van der Waals surface area contributed by atoms with Crippen molar-refractivity contribution in [2.75, 3.05) is 12.3 Å². The number of hydrogen-bond donors (Lipinski definition) is 3. The highest BCUT2D eigenvalue weighted by atomic mass is 32.2. The van der Waals surface area contributed by atoms with Crippen LogP contribution < -0.4 is 5.32 Å². The number of carbonyl (C=O) groups excluding carboxylic acids is 1. The van der Waals surface area contributed by atoms with Gasteiger partial charge in [-0.05, 0) is 11.4 Å². The van der Waals surface area contributed by atoms with Crippen molar-refractivity contribution in [3.05, 3.63) is 17.5 Å². The van der Waals surface area contributed by atoms with E-state index in [2.05, 4.69) is 5.32 Å². The number of carboxylic acid groups (broad SMARTS) is 1. The molecule has 0 radical (unpaired) electrons. The molecule has 1 aromatic heterocycles. The SMILES string of the molecule is O=C(CSc1cccs1)NCCC(O)C(=O)O. The van der Waals surface area contributed by atoms with Crippen molar-refractivity contribution in [2.45, 2.75) is 16.7 Å². The van der Waals surface area contributed by atoms with E-state index in [9.17, 15) is 9.59 Å². The summed E-state index contributed by atoms with van der Waals surface area (Å²) in [6.07, 6.45) is -1.40. The van der Waals surface area contributed by atoms with Gasteiger partial charge in [-0.2, -0.15) is 0 Å². The Morgan fingerprint density at radius 2 is 2.29 bits per heavy atom. The molecule has 1 amide bonds. The number of aliphatic carboxylic acids is 1. The smallest absolute Gasteiger partial charge is 0.332 e. The maximum atomic E-state index is 11.3. The molecule has 0 aromatic carbocycles. The van der Waals surface area contributed by atoms with Gasteiger partial charge in [0.15, 0.2) is 6.10 Å². The van der Waals surface area contributed by atoms with Crippen LogP contribution in [0.1, 0.15) is 6.42 Å². The van der Waals surface area contributed by atoms with Crippen LogP contribution in [0.15, 0.2) is 21.7 Å². The van der Waals surface area contributed by atoms with E-state index < -0.39 is 12.1 Å². The summed E-state index contributed by atoms with van der Waals surface area (Å²) in [4.78, 5) is 21.6. The van der Waals surface area contributed by atoms with Crippen molar-refractivity contribution in [1.29, 1.82) is 0 Å². The molecule has 0 saturated carbocycles. The molecule has 7 heteroatoms. The third kappa shape index (κ3) is 5.71. The largest absolute Gasteiger partial charge is 0.479 e. The summed E-state index contributed by atoms with van der Waals surface area (Å²) < 4.78 is 1.06. The van der Waals surface area contributed by atoms with Crippen LogP contribution in [0.25, 0.3) is 0 Å². The Hall–Kier alpha value is -1.05. The molecule has 1 unspecified atom stereocenters. The lowest BCUT2D eigenvalue weighted by molar-refractivity contribution is -0.147. The molecule has 0 aliphatic carbocycles. The van der Waals surface area contributed by atoms with Gasteiger partial charge >= 0.3 is 5.97 Å². The lowest BCUT2D eigenvalue weighted by atomic mass is 10.2. The third-order valence-electron chi connectivity index (χ3n) is 1.87. The molecular weight excluding hydrogens is 262 g/mol. The molecule has 0 aliphatic rings. The molecule has 1 aromatic rings. The molecule has 0 saturated heterocycles. The molecule has 94 valence electrons. The Bertz CT molecular complexity index is 366. The molecule has 0 aliphatic heterocycles. The highest BCUT2D eigenvalue weighted by Crippen LogP contribution is 2.22. The molecule has 0 bridgehead atoms. The van der Waals surface area contributed by atoms with Crippen molar-refractivity contribution in [2.24, 2.45) is 0 Å². The van der Waals surface area contributed by atoms with Crippen molar-refractivity contribution in [3.63, 3.8) is 0 Å². The lowest BCUT2D eigenvalue weighted by Gasteiger charge is -2.06. The first-order valence-corrected chi connectivity index (χ1v) is 6.80. The predicted octanol–water partition coefficient (Wildman–Crippen LogP) is 0.792. The van der Waals surface area contributed by atoms with Crippen LogP contribution in [0.2, 0.25) is 0 Å². The number of rotatable bonds is 7. The van der Waals surface area contributed by atoms with E-state index in [4.69, 9.17) is 10.2 Å². The first kappa shape index (κ1) is 14.0. The van der Waals surface area contributed by atoms with Crippen molar-refractivity contribution < 1.29 is 19.8 Å². The second kappa shape index (κ2) is 7.31. The zero-order chi connectivity index (χ0) is 12.7. The van der Waals surface area contributed by atoms with E-state index in [1.54, 1.807) is 11.3 Å². The topological polar surface area (TPSA) is 86.6 Å². The van der Waals surface area contributed by atoms with Crippen LogP contribution in [0.4, 0.5) is 0 Å². The maximum absolute atomic E-state index is 11.3. The predicted molar refractivity (Wildman–Crippen MR) is 66.3 cm³/mol. The van der Waals surface area contributed by atoms with E-state index in [-0.39, 0.29) is 18.9 Å². The van der Waals surface area contributed by atoms with Gasteiger partial charge in [0.25, 0.3) is 0 Å². The Kier molecular flexibility index (Phi) is 6.03. The first-order valence-electron chi connectivity index (χ1n) is 4.93. The number of nitrogens with one attached hydrogen (secondary N) is 1. The number of aliphatic hydroxyl groups excluding tert-OH is 1. The first-order chi connectivity index (χ1) is 8.09. The summed E-state index contributed by atoms with van der Waals surface area (Å²) in [5.74, 6) is -1.14. The minimum atomic E-state index is -1.42. The molecule has 0 fully saturated rings. The van der Waals surface area contributed by atoms with E-state index in [0.717, 1.165) is 4.21 Å². The van der Waals surface area contributed by atoms with Crippen LogP contribution in [-0.2, 0) is 9.59 Å². The van der Waals surface area contributed by atoms with Gasteiger partial charge < -0.3 is 15.5 Å². The molecule has 1 atom stereocenters. The zero-order valence-electron chi connectivity index (χ0n) is 8.96. The second-order valence-corrected chi connectivity index (χ2v) is 5.44. The van der Waals surface area contributed by atoms with E-state index in [1.165, 1.54) is 11.8 Å². The fraction of sp³-hybridized carbons (Fsp3) is 0.400. The normalized spacial score (nSPS) is 12.1. The van der Waals surface area contributed by atoms with Gasteiger partial charge in [0.05, 0.1) is 9.96 Å². The van der Waals surface area contributed by atoms with Crippen LogP contribution in [0.5, 0.6) is 0 Å².